The molecular weight excluding hydrogens is 486 g/mol. The third kappa shape index (κ3) is 8.87. The molecule has 10 nitrogen and oxygen atoms in total. The van der Waals surface area contributed by atoms with E-state index in [0.29, 0.717) is 18.7 Å². The molecule has 0 spiro atoms. The number of hydrogen-bond acceptors (Lipinski definition) is 9. The van der Waals surface area contributed by atoms with Gasteiger partial charge in [-0.1, -0.05) is 12.1 Å². The van der Waals surface area contributed by atoms with Crippen molar-refractivity contribution in [3.8, 4) is 5.75 Å². The minimum absolute atomic E-state index is 0.153. The van der Waals surface area contributed by atoms with E-state index in [1.807, 2.05) is 12.1 Å². The van der Waals surface area contributed by atoms with Gasteiger partial charge in [0.15, 0.2) is 6.29 Å². The Balaban J connectivity index is 1.25. The highest BCUT2D eigenvalue weighted by atomic mass is 16.7. The number of aliphatic hydroxyl groups is 1. The van der Waals surface area contributed by atoms with E-state index in [0.717, 1.165) is 71.4 Å². The highest BCUT2D eigenvalue weighted by molar-refractivity contribution is 5.73. The maximum Gasteiger partial charge on any atom is 0.217 e. The largest absolute Gasteiger partial charge is 0.508 e. The molecule has 0 aromatic heterocycles. The van der Waals surface area contributed by atoms with Crippen molar-refractivity contribution in [1.82, 2.24) is 25.3 Å². The highest BCUT2D eigenvalue weighted by Gasteiger charge is 2.39. The first-order chi connectivity index (χ1) is 18.4. The van der Waals surface area contributed by atoms with Gasteiger partial charge in [-0.3, -0.25) is 19.5 Å². The molecule has 0 aliphatic carbocycles. The molecule has 3 aliphatic heterocycles. The lowest BCUT2D eigenvalue weighted by atomic mass is 9.97. The van der Waals surface area contributed by atoms with E-state index in [9.17, 15) is 15.0 Å². The number of ether oxygens (including phenoxy) is 2. The first-order valence-electron chi connectivity index (χ1n) is 14.2. The van der Waals surface area contributed by atoms with E-state index < -0.39 is 12.4 Å². The Bertz CT molecular complexity index is 845. The number of piperidine rings is 1. The summed E-state index contributed by atoms with van der Waals surface area (Å²) in [5, 5.41) is 26.6. The number of phenols is 1. The third-order valence-electron chi connectivity index (χ3n) is 8.11. The van der Waals surface area contributed by atoms with Crippen LogP contribution in [0.15, 0.2) is 24.3 Å². The van der Waals surface area contributed by atoms with Crippen molar-refractivity contribution in [3.05, 3.63) is 29.8 Å². The van der Waals surface area contributed by atoms with Crippen LogP contribution in [0.4, 0.5) is 0 Å². The molecule has 4 N–H and O–H groups in total. The van der Waals surface area contributed by atoms with Gasteiger partial charge in [0.1, 0.15) is 5.75 Å². The Hall–Kier alpha value is -1.79. The number of methoxy groups -OCH3 is 1. The van der Waals surface area contributed by atoms with Crippen molar-refractivity contribution >= 4 is 5.91 Å². The molecule has 10 heteroatoms. The fourth-order valence-corrected chi connectivity index (χ4v) is 5.90. The molecule has 3 aliphatic rings. The average molecular weight is 534 g/mol. The van der Waals surface area contributed by atoms with Crippen LogP contribution in [0.2, 0.25) is 0 Å². The molecule has 4 atom stereocenters. The van der Waals surface area contributed by atoms with Gasteiger partial charge in [-0.2, -0.15) is 0 Å². The van der Waals surface area contributed by atoms with E-state index in [4.69, 9.17) is 9.47 Å². The van der Waals surface area contributed by atoms with E-state index in [2.05, 4.69) is 25.3 Å². The predicted octanol–water partition coefficient (Wildman–Crippen LogP) is 0.438. The fourth-order valence-electron chi connectivity index (χ4n) is 5.90. The van der Waals surface area contributed by atoms with Crippen molar-refractivity contribution in [2.45, 2.75) is 57.1 Å². The second-order valence-electron chi connectivity index (χ2n) is 11.1. The SMILES string of the molecule is CO[C@H]1O[C@H](CN2CCN(CN(CCc3ccc(O)cc3)CC3CCNCC3)CC2)[C@H](O)C[C@H]1NC(C)=O. The Morgan fingerprint density at radius 1 is 1.16 bits per heavy atom. The number of carbonyl (C=O) groups is 1. The average Bonchev–Trinajstić information content (AvgIpc) is 2.91. The molecule has 0 radical (unpaired) electrons. The quantitative estimate of drug-likeness (QED) is 0.322. The second kappa shape index (κ2) is 14.6. The van der Waals surface area contributed by atoms with Gasteiger partial charge in [-0.05, 0) is 56.0 Å². The summed E-state index contributed by atoms with van der Waals surface area (Å²) >= 11 is 0. The van der Waals surface area contributed by atoms with Gasteiger partial charge in [0.25, 0.3) is 0 Å². The molecule has 0 bridgehead atoms. The number of carbonyl (C=O) groups excluding carboxylic acids is 1. The van der Waals surface area contributed by atoms with Gasteiger partial charge in [-0.25, -0.2) is 0 Å². The number of benzene rings is 1. The standard InChI is InChI=1S/C28H47N5O5/c1-21(34)30-25-17-26(36)27(38-28(25)37-2)19-31-13-15-32(16-14-31)20-33(18-23-7-10-29-11-8-23)12-9-22-3-5-24(35)6-4-22/h3-6,23,25-29,35-36H,7-20H2,1-2H3,(H,30,34)/t25-,26-,27-,28+/m1/s1. The van der Waals surface area contributed by atoms with Gasteiger partial charge in [0, 0.05) is 66.3 Å². The normalized spacial score (nSPS) is 28.0. The zero-order valence-corrected chi connectivity index (χ0v) is 23.1. The topological polar surface area (TPSA) is 110 Å². The summed E-state index contributed by atoms with van der Waals surface area (Å²) in [6, 6.07) is 7.24. The van der Waals surface area contributed by atoms with Gasteiger partial charge in [0.05, 0.1) is 24.9 Å². The van der Waals surface area contributed by atoms with Gasteiger partial charge in [-0.15, -0.1) is 0 Å². The summed E-state index contributed by atoms with van der Waals surface area (Å²) in [5.41, 5.74) is 1.25. The van der Waals surface area contributed by atoms with Crippen LogP contribution < -0.4 is 10.6 Å². The monoisotopic (exact) mass is 533 g/mol. The van der Waals surface area contributed by atoms with Crippen LogP contribution in [0, 0.1) is 5.92 Å². The number of aromatic hydroxyl groups is 1. The Kier molecular flexibility index (Phi) is 11.2. The maximum atomic E-state index is 11.5. The van der Waals surface area contributed by atoms with Crippen molar-refractivity contribution in [1.29, 1.82) is 0 Å². The van der Waals surface area contributed by atoms with Crippen LogP contribution >= 0.6 is 0 Å². The van der Waals surface area contributed by atoms with Gasteiger partial charge in [0.2, 0.25) is 5.91 Å². The smallest absolute Gasteiger partial charge is 0.217 e. The first kappa shape index (κ1) is 29.2. The summed E-state index contributed by atoms with van der Waals surface area (Å²) in [6.45, 7) is 11.2. The summed E-state index contributed by atoms with van der Waals surface area (Å²) < 4.78 is 11.5. The lowest BCUT2D eigenvalue weighted by Crippen LogP contribution is -2.59. The minimum Gasteiger partial charge on any atom is -0.508 e. The van der Waals surface area contributed by atoms with E-state index in [1.54, 1.807) is 19.2 Å². The molecule has 3 saturated heterocycles. The predicted molar refractivity (Wildman–Crippen MR) is 146 cm³/mol. The van der Waals surface area contributed by atoms with Crippen LogP contribution in [0.1, 0.15) is 31.7 Å². The molecule has 38 heavy (non-hydrogen) atoms. The van der Waals surface area contributed by atoms with E-state index in [-0.39, 0.29) is 18.1 Å². The van der Waals surface area contributed by atoms with Gasteiger partial charge < -0.3 is 30.3 Å². The molecule has 3 heterocycles. The molecule has 0 saturated carbocycles. The molecule has 1 aromatic carbocycles. The molecule has 1 amide bonds. The number of phenolic OH excluding ortho intramolecular Hbond substituents is 1. The zero-order chi connectivity index (χ0) is 26.9. The van der Waals surface area contributed by atoms with Crippen LogP contribution in [0.5, 0.6) is 5.75 Å². The minimum atomic E-state index is -0.642. The zero-order valence-electron chi connectivity index (χ0n) is 23.1. The van der Waals surface area contributed by atoms with Gasteiger partial charge >= 0.3 is 0 Å². The van der Waals surface area contributed by atoms with Crippen molar-refractivity contribution in [2.75, 3.05) is 72.7 Å². The fraction of sp³-hybridized carbons (Fsp3) is 0.750. The van der Waals surface area contributed by atoms with Crippen LogP contribution in [-0.4, -0.2) is 128 Å². The lowest BCUT2D eigenvalue weighted by molar-refractivity contribution is -0.229. The van der Waals surface area contributed by atoms with Crippen molar-refractivity contribution in [3.63, 3.8) is 0 Å². The Morgan fingerprint density at radius 3 is 2.50 bits per heavy atom. The number of amides is 1. The molecule has 0 unspecified atom stereocenters. The van der Waals surface area contributed by atoms with Crippen LogP contribution in [0.25, 0.3) is 0 Å². The van der Waals surface area contributed by atoms with E-state index in [1.165, 1.54) is 25.3 Å². The first-order valence-corrected chi connectivity index (χ1v) is 14.2. The van der Waals surface area contributed by atoms with E-state index >= 15 is 0 Å². The summed E-state index contributed by atoms with van der Waals surface area (Å²) in [7, 11) is 1.57. The number of nitrogens with zero attached hydrogens (tertiary/aromatic N) is 3. The van der Waals surface area contributed by atoms with Crippen molar-refractivity contribution < 1.29 is 24.5 Å². The number of piperazine rings is 1. The molecule has 3 fully saturated rings. The number of rotatable bonds is 11. The number of aliphatic hydroxyl groups excluding tert-OH is 1. The third-order valence-corrected chi connectivity index (χ3v) is 8.11. The number of nitrogens with one attached hydrogen (secondary N) is 2. The summed E-state index contributed by atoms with van der Waals surface area (Å²) in [6.07, 6.45) is 2.34. The maximum absolute atomic E-state index is 11.5. The molecule has 1 aromatic rings. The van der Waals surface area contributed by atoms with Crippen LogP contribution in [0.3, 0.4) is 0 Å². The molecule has 214 valence electrons. The Labute approximate surface area is 227 Å². The molecule has 4 rings (SSSR count). The summed E-state index contributed by atoms with van der Waals surface area (Å²) in [5.74, 6) is 0.895. The lowest BCUT2D eigenvalue weighted by Gasteiger charge is -2.43. The van der Waals surface area contributed by atoms with Crippen molar-refractivity contribution in [2.24, 2.45) is 5.92 Å². The van der Waals surface area contributed by atoms with Crippen LogP contribution in [-0.2, 0) is 20.7 Å². The summed E-state index contributed by atoms with van der Waals surface area (Å²) in [4.78, 5) is 19.0. The Morgan fingerprint density at radius 2 is 1.84 bits per heavy atom. The molecular formula is C28H47N5O5. The second-order valence-corrected chi connectivity index (χ2v) is 11.1. The highest BCUT2D eigenvalue weighted by Crippen LogP contribution is 2.23. The number of hydrogen-bond donors (Lipinski definition) is 4.